The van der Waals surface area contributed by atoms with Gasteiger partial charge in [0.2, 0.25) is 0 Å². The second kappa shape index (κ2) is 9.71. The highest BCUT2D eigenvalue weighted by Crippen LogP contribution is 2.26. The molecule has 1 aromatic heterocycles. The van der Waals surface area contributed by atoms with E-state index < -0.39 is 0 Å². The zero-order chi connectivity index (χ0) is 22.5. The molecule has 3 aromatic carbocycles. The highest BCUT2D eigenvalue weighted by atomic mass is 35.5. The van der Waals surface area contributed by atoms with Crippen molar-refractivity contribution in [3.63, 3.8) is 0 Å². The average molecular weight is 446 g/mol. The standard InChI is InChI=1S/C26H24ClN3O2/c1-18-3-6-20(7-4-18)15-30-16-23(14-28-30)29-26(31)22-10-8-21(9-11-22)17-32-25-13-19(2)5-12-24(25)27/h3-14,16H,15,17H2,1-2H3,(H,29,31). The number of carbonyl (C=O) groups excluding carboxylic acids is 1. The summed E-state index contributed by atoms with van der Waals surface area (Å²) in [5, 5.41) is 7.81. The third-order valence-corrected chi connectivity index (χ3v) is 5.37. The van der Waals surface area contributed by atoms with Crippen LogP contribution in [0.4, 0.5) is 5.69 Å². The fraction of sp³-hybridized carbons (Fsp3) is 0.154. The van der Waals surface area contributed by atoms with Crippen LogP contribution in [0.5, 0.6) is 5.75 Å². The van der Waals surface area contributed by atoms with E-state index in [-0.39, 0.29) is 5.91 Å². The smallest absolute Gasteiger partial charge is 0.255 e. The molecule has 0 saturated heterocycles. The summed E-state index contributed by atoms with van der Waals surface area (Å²) in [5.41, 5.74) is 5.63. The van der Waals surface area contributed by atoms with Crippen molar-refractivity contribution in [1.29, 1.82) is 0 Å². The maximum Gasteiger partial charge on any atom is 0.255 e. The van der Waals surface area contributed by atoms with E-state index in [1.54, 1.807) is 23.0 Å². The molecule has 5 nitrogen and oxygen atoms in total. The molecule has 0 spiro atoms. The average Bonchev–Trinajstić information content (AvgIpc) is 3.23. The highest BCUT2D eigenvalue weighted by Gasteiger charge is 2.09. The van der Waals surface area contributed by atoms with Crippen molar-refractivity contribution in [1.82, 2.24) is 9.78 Å². The van der Waals surface area contributed by atoms with Crippen LogP contribution in [-0.4, -0.2) is 15.7 Å². The lowest BCUT2D eigenvalue weighted by molar-refractivity contribution is 0.102. The van der Waals surface area contributed by atoms with Gasteiger partial charge in [0, 0.05) is 11.8 Å². The minimum Gasteiger partial charge on any atom is -0.487 e. The molecule has 0 saturated carbocycles. The molecule has 0 aliphatic carbocycles. The summed E-state index contributed by atoms with van der Waals surface area (Å²) in [6, 6.07) is 21.3. The number of amides is 1. The molecule has 32 heavy (non-hydrogen) atoms. The number of halogens is 1. The third kappa shape index (κ3) is 5.56. The summed E-state index contributed by atoms with van der Waals surface area (Å²) in [4.78, 5) is 12.6. The van der Waals surface area contributed by atoms with Gasteiger partial charge in [-0.15, -0.1) is 0 Å². The van der Waals surface area contributed by atoms with Crippen molar-refractivity contribution in [2.24, 2.45) is 0 Å². The van der Waals surface area contributed by atoms with E-state index in [9.17, 15) is 4.79 Å². The molecular formula is C26H24ClN3O2. The molecular weight excluding hydrogens is 422 g/mol. The molecule has 1 N–H and O–H groups in total. The van der Waals surface area contributed by atoms with E-state index in [0.29, 0.717) is 35.2 Å². The first-order valence-corrected chi connectivity index (χ1v) is 10.7. The monoisotopic (exact) mass is 445 g/mol. The second-order valence-electron chi connectivity index (χ2n) is 7.79. The van der Waals surface area contributed by atoms with Crippen molar-refractivity contribution in [3.8, 4) is 5.75 Å². The van der Waals surface area contributed by atoms with Crippen LogP contribution in [0, 0.1) is 13.8 Å². The van der Waals surface area contributed by atoms with Crippen molar-refractivity contribution in [2.45, 2.75) is 27.0 Å². The number of carbonyl (C=O) groups is 1. The van der Waals surface area contributed by atoms with E-state index in [2.05, 4.69) is 41.6 Å². The van der Waals surface area contributed by atoms with E-state index >= 15 is 0 Å². The lowest BCUT2D eigenvalue weighted by Crippen LogP contribution is -2.11. The van der Waals surface area contributed by atoms with Gasteiger partial charge in [-0.2, -0.15) is 5.10 Å². The molecule has 0 radical (unpaired) electrons. The van der Waals surface area contributed by atoms with Crippen molar-refractivity contribution in [3.05, 3.63) is 112 Å². The Labute approximate surface area is 192 Å². The van der Waals surface area contributed by atoms with Crippen LogP contribution in [0.15, 0.2) is 79.1 Å². The minimum absolute atomic E-state index is 0.186. The van der Waals surface area contributed by atoms with Crippen molar-refractivity contribution < 1.29 is 9.53 Å². The molecule has 1 heterocycles. The van der Waals surface area contributed by atoms with E-state index in [0.717, 1.165) is 16.7 Å². The normalized spacial score (nSPS) is 10.7. The van der Waals surface area contributed by atoms with Gasteiger partial charge >= 0.3 is 0 Å². The Morgan fingerprint density at radius 3 is 2.41 bits per heavy atom. The topological polar surface area (TPSA) is 56.2 Å². The summed E-state index contributed by atoms with van der Waals surface area (Å²) in [6.45, 7) is 5.07. The number of hydrogen-bond acceptors (Lipinski definition) is 3. The van der Waals surface area contributed by atoms with Gasteiger partial charge in [0.15, 0.2) is 0 Å². The van der Waals surface area contributed by atoms with Crippen LogP contribution < -0.4 is 10.1 Å². The minimum atomic E-state index is -0.186. The molecule has 0 aliphatic heterocycles. The Bertz CT molecular complexity index is 1210. The largest absolute Gasteiger partial charge is 0.487 e. The molecule has 4 rings (SSSR count). The highest BCUT2D eigenvalue weighted by molar-refractivity contribution is 6.32. The molecule has 0 bridgehead atoms. The summed E-state index contributed by atoms with van der Waals surface area (Å²) >= 11 is 6.17. The van der Waals surface area contributed by atoms with Crippen LogP contribution >= 0.6 is 11.6 Å². The fourth-order valence-electron chi connectivity index (χ4n) is 3.23. The number of rotatable bonds is 7. The summed E-state index contributed by atoms with van der Waals surface area (Å²) in [6.07, 6.45) is 3.48. The van der Waals surface area contributed by atoms with Gasteiger partial charge in [0.25, 0.3) is 5.91 Å². The Morgan fingerprint density at radius 1 is 0.969 bits per heavy atom. The number of anilines is 1. The second-order valence-corrected chi connectivity index (χ2v) is 8.19. The zero-order valence-corrected chi connectivity index (χ0v) is 18.8. The van der Waals surface area contributed by atoms with Crippen molar-refractivity contribution in [2.75, 3.05) is 5.32 Å². The van der Waals surface area contributed by atoms with Crippen LogP contribution in [-0.2, 0) is 13.2 Å². The number of ether oxygens (including phenoxy) is 1. The lowest BCUT2D eigenvalue weighted by Gasteiger charge is -2.09. The van der Waals surface area contributed by atoms with Crippen LogP contribution in [0.2, 0.25) is 5.02 Å². The van der Waals surface area contributed by atoms with Crippen LogP contribution in [0.1, 0.15) is 32.6 Å². The first kappa shape index (κ1) is 21.7. The first-order valence-electron chi connectivity index (χ1n) is 10.3. The van der Waals surface area contributed by atoms with Gasteiger partial charge in [-0.1, -0.05) is 59.6 Å². The van der Waals surface area contributed by atoms with E-state index in [1.807, 2.05) is 43.5 Å². The van der Waals surface area contributed by atoms with Gasteiger partial charge in [-0.3, -0.25) is 9.48 Å². The van der Waals surface area contributed by atoms with Gasteiger partial charge in [-0.25, -0.2) is 0 Å². The third-order valence-electron chi connectivity index (χ3n) is 5.05. The number of nitrogens with zero attached hydrogens (tertiary/aromatic N) is 2. The fourth-order valence-corrected chi connectivity index (χ4v) is 3.41. The molecule has 4 aromatic rings. The van der Waals surface area contributed by atoms with Crippen LogP contribution in [0.3, 0.4) is 0 Å². The number of benzene rings is 3. The zero-order valence-electron chi connectivity index (χ0n) is 18.0. The number of nitrogens with one attached hydrogen (secondary N) is 1. The summed E-state index contributed by atoms with van der Waals surface area (Å²) in [5.74, 6) is 0.463. The quantitative estimate of drug-likeness (QED) is 0.377. The van der Waals surface area contributed by atoms with Gasteiger partial charge in [-0.05, 0) is 54.8 Å². The lowest BCUT2D eigenvalue weighted by atomic mass is 10.1. The molecule has 0 atom stereocenters. The molecule has 162 valence electrons. The van der Waals surface area contributed by atoms with Crippen LogP contribution in [0.25, 0.3) is 0 Å². The predicted molar refractivity (Wildman–Crippen MR) is 127 cm³/mol. The van der Waals surface area contributed by atoms with Gasteiger partial charge in [0.1, 0.15) is 12.4 Å². The van der Waals surface area contributed by atoms with Gasteiger partial charge in [0.05, 0.1) is 23.5 Å². The predicted octanol–water partition coefficient (Wildman–Crippen LogP) is 6.03. The SMILES string of the molecule is Cc1ccc(Cn2cc(NC(=O)c3ccc(COc4cc(C)ccc4Cl)cc3)cn2)cc1. The number of aryl methyl sites for hydroxylation is 2. The maximum atomic E-state index is 12.6. The first-order chi connectivity index (χ1) is 15.5. The Morgan fingerprint density at radius 2 is 1.66 bits per heavy atom. The van der Waals surface area contributed by atoms with Crippen molar-refractivity contribution >= 4 is 23.2 Å². The van der Waals surface area contributed by atoms with Gasteiger partial charge < -0.3 is 10.1 Å². The Hall–Kier alpha value is -3.57. The summed E-state index contributed by atoms with van der Waals surface area (Å²) < 4.78 is 7.62. The number of hydrogen-bond donors (Lipinski definition) is 1. The molecule has 0 unspecified atom stereocenters. The molecule has 6 heteroatoms. The Kier molecular flexibility index (Phi) is 6.57. The van der Waals surface area contributed by atoms with E-state index in [1.165, 1.54) is 5.56 Å². The molecule has 0 aliphatic rings. The Balaban J connectivity index is 1.33. The molecule has 0 fully saturated rings. The number of aromatic nitrogens is 2. The summed E-state index contributed by atoms with van der Waals surface area (Å²) in [7, 11) is 0. The van der Waals surface area contributed by atoms with E-state index in [4.69, 9.17) is 16.3 Å². The molecule has 1 amide bonds. The maximum absolute atomic E-state index is 12.6.